The predicted octanol–water partition coefficient (Wildman–Crippen LogP) is 5.11. The van der Waals surface area contributed by atoms with Gasteiger partial charge in [0.15, 0.2) is 6.04 Å². The molecule has 0 saturated heterocycles. The zero-order valence-electron chi connectivity index (χ0n) is 23.0. The average Bonchev–Trinajstić information content (AvgIpc) is 3.29. The van der Waals surface area contributed by atoms with Crippen molar-refractivity contribution < 1.29 is 29.0 Å². The van der Waals surface area contributed by atoms with Gasteiger partial charge in [-0.25, -0.2) is 9.59 Å². The summed E-state index contributed by atoms with van der Waals surface area (Å²) in [4.78, 5) is 38.2. The fourth-order valence-electron chi connectivity index (χ4n) is 4.99. The minimum atomic E-state index is -1.30. The molecule has 4 rings (SSSR count). The maximum absolute atomic E-state index is 13.3. The summed E-state index contributed by atoms with van der Waals surface area (Å²) in [5.41, 5.74) is 5.29. The predicted molar refractivity (Wildman–Crippen MR) is 152 cm³/mol. The monoisotopic (exact) mass is 544 g/mol. The van der Waals surface area contributed by atoms with Crippen LogP contribution in [0.15, 0.2) is 78.9 Å². The molecule has 1 aliphatic carbocycles. The third-order valence-corrected chi connectivity index (χ3v) is 7.50. The number of benzene rings is 3. The van der Waals surface area contributed by atoms with Gasteiger partial charge >= 0.3 is 12.1 Å². The highest BCUT2D eigenvalue weighted by Crippen LogP contribution is 2.44. The zero-order valence-corrected chi connectivity index (χ0v) is 23.0. The van der Waals surface area contributed by atoms with Crippen molar-refractivity contribution in [1.82, 2.24) is 10.6 Å². The summed E-state index contributed by atoms with van der Waals surface area (Å²) in [5.74, 6) is -2.22. The number of ether oxygens (including phenoxy) is 2. The van der Waals surface area contributed by atoms with Gasteiger partial charge in [0, 0.05) is 5.92 Å². The molecule has 40 heavy (non-hydrogen) atoms. The summed E-state index contributed by atoms with van der Waals surface area (Å²) in [7, 11) is 0. The SMILES string of the molecule is CCC(C)C(NC(=O)OCC1c2ccccc2-c2ccccc21)C(=O)N[C@H](C(=O)O)[C@@H](C)OCc1ccccc1. The van der Waals surface area contributed by atoms with Gasteiger partial charge in [-0.2, -0.15) is 0 Å². The standard InChI is InChI=1S/C32H36N2O6/c1-4-20(2)28(30(35)33-29(31(36)37)21(3)39-18-22-12-6-5-7-13-22)34-32(38)40-19-27-25-16-10-8-14-23(25)24-15-9-11-17-26(24)27/h5-17,20-21,27-29H,4,18-19H2,1-3H3,(H,33,35)(H,34,38)(H,36,37)/t20?,21-,28?,29+/m1/s1. The molecule has 0 heterocycles. The molecule has 0 saturated carbocycles. The first-order valence-corrected chi connectivity index (χ1v) is 13.6. The maximum Gasteiger partial charge on any atom is 0.407 e. The van der Waals surface area contributed by atoms with Crippen molar-refractivity contribution >= 4 is 18.0 Å². The van der Waals surface area contributed by atoms with Crippen LogP contribution in [0.4, 0.5) is 4.79 Å². The van der Waals surface area contributed by atoms with E-state index in [1.807, 2.05) is 80.6 Å². The lowest BCUT2D eigenvalue weighted by Gasteiger charge is -2.27. The molecular formula is C32H36N2O6. The molecule has 0 fully saturated rings. The van der Waals surface area contributed by atoms with Gasteiger partial charge in [0.25, 0.3) is 0 Å². The summed E-state index contributed by atoms with van der Waals surface area (Å²) in [6, 6.07) is 23.2. The second-order valence-electron chi connectivity index (χ2n) is 10.2. The lowest BCUT2D eigenvalue weighted by molar-refractivity contribution is -0.147. The molecule has 2 amide bonds. The second kappa shape index (κ2) is 13.3. The molecule has 0 radical (unpaired) electrons. The van der Waals surface area contributed by atoms with E-state index in [4.69, 9.17) is 9.47 Å². The van der Waals surface area contributed by atoms with Crippen LogP contribution in [-0.4, -0.2) is 47.9 Å². The van der Waals surface area contributed by atoms with Gasteiger partial charge in [-0.15, -0.1) is 0 Å². The van der Waals surface area contributed by atoms with Crippen LogP contribution in [0.1, 0.15) is 49.8 Å². The molecule has 0 aliphatic heterocycles. The third-order valence-electron chi connectivity index (χ3n) is 7.50. The molecule has 2 unspecified atom stereocenters. The van der Waals surface area contributed by atoms with Crippen molar-refractivity contribution in [2.45, 2.75) is 57.9 Å². The van der Waals surface area contributed by atoms with Crippen molar-refractivity contribution in [3.8, 4) is 11.1 Å². The first-order valence-electron chi connectivity index (χ1n) is 13.6. The lowest BCUT2D eigenvalue weighted by Crippen LogP contribution is -2.57. The van der Waals surface area contributed by atoms with Crippen LogP contribution in [0.25, 0.3) is 11.1 Å². The number of nitrogens with one attached hydrogen (secondary N) is 2. The molecular weight excluding hydrogens is 508 g/mol. The molecule has 210 valence electrons. The summed E-state index contributed by atoms with van der Waals surface area (Å²) in [6.07, 6.45) is -0.962. The fourth-order valence-corrected chi connectivity index (χ4v) is 4.99. The number of carboxylic acids is 1. The Balaban J connectivity index is 1.39. The van der Waals surface area contributed by atoms with Crippen LogP contribution in [0.3, 0.4) is 0 Å². The number of hydrogen-bond acceptors (Lipinski definition) is 5. The number of amides is 2. The minimum absolute atomic E-state index is 0.108. The Kier molecular flexibility index (Phi) is 9.56. The normalized spacial score (nSPS) is 15.2. The van der Waals surface area contributed by atoms with Crippen molar-refractivity contribution in [3.05, 3.63) is 95.6 Å². The maximum atomic E-state index is 13.3. The van der Waals surface area contributed by atoms with Crippen LogP contribution < -0.4 is 10.6 Å². The minimum Gasteiger partial charge on any atom is -0.480 e. The van der Waals surface area contributed by atoms with Crippen LogP contribution >= 0.6 is 0 Å². The van der Waals surface area contributed by atoms with Gasteiger partial charge in [-0.1, -0.05) is 99.1 Å². The smallest absolute Gasteiger partial charge is 0.407 e. The van der Waals surface area contributed by atoms with Crippen LogP contribution in [0.2, 0.25) is 0 Å². The number of fused-ring (bicyclic) bond motifs is 3. The fraction of sp³-hybridized carbons (Fsp3) is 0.344. The Hall–Kier alpha value is -4.17. The summed E-state index contributed by atoms with van der Waals surface area (Å²) >= 11 is 0. The highest BCUT2D eigenvalue weighted by atomic mass is 16.5. The molecule has 1 aliphatic rings. The number of aliphatic carboxylic acids is 1. The average molecular weight is 545 g/mol. The van der Waals surface area contributed by atoms with Crippen LogP contribution in [0.5, 0.6) is 0 Å². The van der Waals surface area contributed by atoms with Gasteiger partial charge in [0.2, 0.25) is 5.91 Å². The van der Waals surface area contributed by atoms with Crippen LogP contribution in [-0.2, 0) is 25.7 Å². The van der Waals surface area contributed by atoms with Crippen molar-refractivity contribution in [3.63, 3.8) is 0 Å². The number of carbonyl (C=O) groups excluding carboxylic acids is 2. The van der Waals surface area contributed by atoms with Gasteiger partial charge < -0.3 is 25.2 Å². The summed E-state index contributed by atoms with van der Waals surface area (Å²) < 4.78 is 11.4. The number of alkyl carbamates (subject to hydrolysis) is 1. The lowest BCUT2D eigenvalue weighted by atomic mass is 9.97. The topological polar surface area (TPSA) is 114 Å². The Morgan fingerprint density at radius 1 is 0.825 bits per heavy atom. The molecule has 3 N–H and O–H groups in total. The molecule has 3 aromatic carbocycles. The molecule has 8 nitrogen and oxygen atoms in total. The number of hydrogen-bond donors (Lipinski definition) is 3. The Morgan fingerprint density at radius 2 is 1.40 bits per heavy atom. The van der Waals surface area contributed by atoms with Crippen LogP contribution in [0, 0.1) is 5.92 Å². The van der Waals surface area contributed by atoms with E-state index in [1.54, 1.807) is 6.92 Å². The second-order valence-corrected chi connectivity index (χ2v) is 10.2. The number of carbonyl (C=O) groups is 3. The Bertz CT molecular complexity index is 1280. The first kappa shape index (κ1) is 28.8. The van der Waals surface area contributed by atoms with E-state index < -0.39 is 36.2 Å². The molecule has 4 atom stereocenters. The summed E-state index contributed by atoms with van der Waals surface area (Å²) in [5, 5.41) is 15.0. The van der Waals surface area contributed by atoms with E-state index in [1.165, 1.54) is 0 Å². The van der Waals surface area contributed by atoms with E-state index >= 15 is 0 Å². The molecule has 3 aromatic rings. The van der Waals surface area contributed by atoms with Gasteiger partial charge in [0.05, 0.1) is 12.7 Å². The van der Waals surface area contributed by atoms with Crippen molar-refractivity contribution in [1.29, 1.82) is 0 Å². The first-order chi connectivity index (χ1) is 19.3. The third kappa shape index (κ3) is 6.69. The van der Waals surface area contributed by atoms with Crippen molar-refractivity contribution in [2.24, 2.45) is 5.92 Å². The van der Waals surface area contributed by atoms with E-state index in [-0.39, 0.29) is 25.0 Å². The Morgan fingerprint density at radius 3 is 1.98 bits per heavy atom. The van der Waals surface area contributed by atoms with E-state index in [0.29, 0.717) is 6.42 Å². The van der Waals surface area contributed by atoms with E-state index in [9.17, 15) is 19.5 Å². The van der Waals surface area contributed by atoms with E-state index in [0.717, 1.165) is 27.8 Å². The highest BCUT2D eigenvalue weighted by Gasteiger charge is 2.34. The molecule has 0 bridgehead atoms. The zero-order chi connectivity index (χ0) is 28.6. The van der Waals surface area contributed by atoms with Gasteiger partial charge in [0.1, 0.15) is 12.6 Å². The highest BCUT2D eigenvalue weighted by molar-refractivity contribution is 5.89. The molecule has 8 heteroatoms. The van der Waals surface area contributed by atoms with E-state index in [2.05, 4.69) is 22.8 Å². The van der Waals surface area contributed by atoms with Gasteiger partial charge in [-0.05, 0) is 40.7 Å². The van der Waals surface area contributed by atoms with Crippen molar-refractivity contribution in [2.75, 3.05) is 6.61 Å². The largest absolute Gasteiger partial charge is 0.480 e. The molecule has 0 spiro atoms. The van der Waals surface area contributed by atoms with Gasteiger partial charge in [-0.3, -0.25) is 4.79 Å². The quantitative estimate of drug-likeness (QED) is 0.292. The molecule has 0 aromatic heterocycles. The Labute approximate surface area is 234 Å². The number of rotatable bonds is 12. The number of carboxylic acid groups (broad SMARTS) is 1. The summed E-state index contributed by atoms with van der Waals surface area (Å²) in [6.45, 7) is 5.62.